The van der Waals surface area contributed by atoms with Gasteiger partial charge in [0.2, 0.25) is 6.10 Å². The average Bonchev–Trinajstić information content (AvgIpc) is 2.80. The quantitative estimate of drug-likeness (QED) is 0.110. The molecule has 15 nitrogen and oxygen atoms in total. The predicted octanol–water partition coefficient (Wildman–Crippen LogP) is 3.20. The van der Waals surface area contributed by atoms with E-state index < -0.39 is 62.4 Å². The molecule has 1 rings (SSSR count). The summed E-state index contributed by atoms with van der Waals surface area (Å²) in [6, 6.07) is 4.18. The number of carbonyl (C=O) groups excluding carboxylic acids is 2. The van der Waals surface area contributed by atoms with Crippen LogP contribution < -0.4 is 5.09 Å². The molecule has 0 saturated carbocycles. The van der Waals surface area contributed by atoms with Gasteiger partial charge in [-0.05, 0) is 59.2 Å². The van der Waals surface area contributed by atoms with E-state index in [-0.39, 0.29) is 24.5 Å². The zero-order valence-corrected chi connectivity index (χ0v) is 23.6. The van der Waals surface area contributed by atoms with Crippen LogP contribution in [0.25, 0.3) is 0 Å². The van der Waals surface area contributed by atoms with E-state index in [1.165, 1.54) is 41.5 Å². The highest BCUT2D eigenvalue weighted by Crippen LogP contribution is 2.61. The van der Waals surface area contributed by atoms with Crippen molar-refractivity contribution in [2.75, 3.05) is 13.2 Å². The first kappa shape index (κ1) is 33.8. The normalized spacial score (nSPS) is 15.9. The van der Waals surface area contributed by atoms with Gasteiger partial charge in [0, 0.05) is 12.1 Å². The Morgan fingerprint density at radius 2 is 1.45 bits per heavy atom. The van der Waals surface area contributed by atoms with Crippen molar-refractivity contribution in [2.45, 2.75) is 71.7 Å². The van der Waals surface area contributed by atoms with Crippen LogP contribution >= 0.6 is 15.3 Å². The molecule has 0 aliphatic carbocycles. The topological polar surface area (TPSA) is 210 Å². The number of nitrogens with one attached hydrogen (secondary N) is 1. The summed E-state index contributed by atoms with van der Waals surface area (Å²) in [5, 5.41) is 23.8. The number of non-ortho nitro benzene ring substituents is 1. The Morgan fingerprint density at radius 1 is 0.974 bits per heavy atom. The van der Waals surface area contributed by atoms with Gasteiger partial charge in [-0.15, -0.1) is 0 Å². The number of aliphatic hydroxyl groups is 1. The minimum Gasteiger partial charge on any atom is -0.461 e. The highest BCUT2D eigenvalue weighted by Gasteiger charge is 2.47. The van der Waals surface area contributed by atoms with E-state index in [9.17, 15) is 38.8 Å². The van der Waals surface area contributed by atoms with Crippen LogP contribution in [0.4, 0.5) is 5.69 Å². The molecule has 0 saturated heterocycles. The van der Waals surface area contributed by atoms with Crippen LogP contribution in [0.5, 0.6) is 0 Å². The van der Waals surface area contributed by atoms with Crippen LogP contribution in [0.2, 0.25) is 0 Å². The average molecular weight is 584 g/mol. The summed E-state index contributed by atoms with van der Waals surface area (Å²) >= 11 is 0. The number of nitrogens with zero attached hydrogens (tertiary/aromatic N) is 1. The SMILES string of the molecule is CCOP(=O)(N[C@@H](c1ccc([N+](=O)[O-])cc1)P(=O)(O)O[C@@H](C(=O)OC(C)C)[C@@H](O)C(=O)OC(C)C)OCC. The summed E-state index contributed by atoms with van der Waals surface area (Å²) in [5.41, 5.74) is -0.513. The molecule has 0 bridgehead atoms. The molecule has 0 aliphatic rings. The summed E-state index contributed by atoms with van der Waals surface area (Å²) in [5.74, 6) is -4.67. The molecule has 0 radical (unpaired) electrons. The van der Waals surface area contributed by atoms with Gasteiger partial charge in [0.05, 0.1) is 30.3 Å². The van der Waals surface area contributed by atoms with Crippen molar-refractivity contribution in [1.82, 2.24) is 5.09 Å². The number of ether oxygens (including phenoxy) is 2. The molecule has 0 amide bonds. The molecule has 0 aromatic heterocycles. The number of hydrogen-bond donors (Lipinski definition) is 3. The second kappa shape index (κ2) is 14.8. The maximum absolute atomic E-state index is 13.6. The van der Waals surface area contributed by atoms with Gasteiger partial charge < -0.3 is 19.5 Å². The molecule has 1 unspecified atom stereocenters. The number of esters is 2. The van der Waals surface area contributed by atoms with Crippen LogP contribution in [0, 0.1) is 10.1 Å². The van der Waals surface area contributed by atoms with E-state index in [1.807, 2.05) is 0 Å². The molecule has 17 heteroatoms. The Hall–Kier alpha value is -2.22. The molecule has 38 heavy (non-hydrogen) atoms. The van der Waals surface area contributed by atoms with Crippen LogP contribution in [-0.2, 0) is 41.8 Å². The molecule has 0 heterocycles. The minimum atomic E-state index is -5.27. The Balaban J connectivity index is 3.58. The van der Waals surface area contributed by atoms with E-state index in [0.717, 1.165) is 24.3 Å². The summed E-state index contributed by atoms with van der Waals surface area (Å²) in [4.78, 5) is 46.4. The fraction of sp³-hybridized carbons (Fsp3) is 0.619. The molecule has 3 N–H and O–H groups in total. The van der Waals surface area contributed by atoms with Crippen LogP contribution in [0.15, 0.2) is 24.3 Å². The summed E-state index contributed by atoms with van der Waals surface area (Å²) < 4.78 is 52.0. The first-order valence-corrected chi connectivity index (χ1v) is 14.8. The monoisotopic (exact) mass is 584 g/mol. The molecule has 0 fully saturated rings. The van der Waals surface area contributed by atoms with Gasteiger partial charge >= 0.3 is 27.3 Å². The van der Waals surface area contributed by atoms with Crippen LogP contribution in [0.1, 0.15) is 52.9 Å². The number of benzene rings is 1. The van der Waals surface area contributed by atoms with Crippen molar-refractivity contribution in [3.63, 3.8) is 0 Å². The standard InChI is InChI=1S/C21H34N2O13P2/c1-7-32-38(31,33-8-2)22-19(15-9-11-16(12-10-15)23(27)28)37(29,30)36-18(21(26)35-14(5)6)17(24)20(25)34-13(3)4/h9-14,17-19,24H,7-8H2,1-6H3,(H,22,31)(H,29,30)/t17-,18-,19-/m1/s1. The van der Waals surface area contributed by atoms with Gasteiger partial charge in [-0.2, -0.15) is 0 Å². The van der Waals surface area contributed by atoms with Gasteiger partial charge in [-0.1, -0.05) is 0 Å². The Labute approximate surface area is 220 Å². The summed E-state index contributed by atoms with van der Waals surface area (Å²) in [6.45, 7) is 8.53. The Kier molecular flexibility index (Phi) is 13.2. The Bertz CT molecular complexity index is 1040. The Morgan fingerprint density at radius 3 is 1.87 bits per heavy atom. The minimum absolute atomic E-state index is 0.142. The third-order valence-corrected chi connectivity index (χ3v) is 7.94. The van der Waals surface area contributed by atoms with Crippen molar-refractivity contribution in [3.8, 4) is 0 Å². The number of carbonyl (C=O) groups is 2. The zero-order chi connectivity index (χ0) is 29.3. The maximum Gasteiger partial charge on any atom is 0.406 e. The number of nitro groups is 1. The van der Waals surface area contributed by atoms with Crippen molar-refractivity contribution >= 4 is 33.0 Å². The van der Waals surface area contributed by atoms with Gasteiger partial charge in [0.25, 0.3) is 5.69 Å². The molecule has 1 aromatic carbocycles. The molecule has 0 spiro atoms. The number of hydrogen-bond acceptors (Lipinski definition) is 12. The number of rotatable bonds is 16. The predicted molar refractivity (Wildman–Crippen MR) is 133 cm³/mol. The molecule has 4 atom stereocenters. The maximum atomic E-state index is 13.6. The lowest BCUT2D eigenvalue weighted by molar-refractivity contribution is -0.384. The highest BCUT2D eigenvalue weighted by atomic mass is 31.2. The first-order chi connectivity index (χ1) is 17.6. The molecular weight excluding hydrogens is 550 g/mol. The number of nitro benzene ring substituents is 1. The zero-order valence-electron chi connectivity index (χ0n) is 21.8. The molecule has 1 aromatic rings. The van der Waals surface area contributed by atoms with Crippen LogP contribution in [-0.4, -0.2) is 64.5 Å². The summed E-state index contributed by atoms with van der Waals surface area (Å²) in [6.07, 6.45) is -6.20. The lowest BCUT2D eigenvalue weighted by atomic mass is 10.2. The lowest BCUT2D eigenvalue weighted by Crippen LogP contribution is -2.44. The third kappa shape index (κ3) is 10.2. The second-order valence-corrected chi connectivity index (χ2v) is 11.8. The van der Waals surface area contributed by atoms with E-state index in [2.05, 4.69) is 5.09 Å². The van der Waals surface area contributed by atoms with Crippen LogP contribution in [0.3, 0.4) is 0 Å². The fourth-order valence-corrected chi connectivity index (χ4v) is 6.45. The van der Waals surface area contributed by atoms with E-state index in [0.29, 0.717) is 0 Å². The lowest BCUT2D eigenvalue weighted by Gasteiger charge is -2.30. The third-order valence-electron chi connectivity index (χ3n) is 4.35. The van der Waals surface area contributed by atoms with Gasteiger partial charge in [0.1, 0.15) is 5.78 Å². The fourth-order valence-electron chi connectivity index (χ4n) is 2.89. The smallest absolute Gasteiger partial charge is 0.406 e. The molecule has 216 valence electrons. The summed E-state index contributed by atoms with van der Waals surface area (Å²) in [7, 11) is -9.56. The van der Waals surface area contributed by atoms with E-state index in [1.54, 1.807) is 0 Å². The van der Waals surface area contributed by atoms with Gasteiger partial charge in [0.15, 0.2) is 6.10 Å². The highest BCUT2D eigenvalue weighted by molar-refractivity contribution is 7.56. The number of aliphatic hydroxyl groups excluding tert-OH is 1. The van der Waals surface area contributed by atoms with Crippen molar-refractivity contribution in [3.05, 3.63) is 39.9 Å². The van der Waals surface area contributed by atoms with Gasteiger partial charge in [-0.25, -0.2) is 19.2 Å². The van der Waals surface area contributed by atoms with E-state index >= 15 is 0 Å². The first-order valence-electron chi connectivity index (χ1n) is 11.6. The molecule has 0 aliphatic heterocycles. The van der Waals surface area contributed by atoms with Gasteiger partial charge in [-0.3, -0.25) is 28.3 Å². The van der Waals surface area contributed by atoms with E-state index in [4.69, 9.17) is 23.0 Å². The second-order valence-electron chi connectivity index (χ2n) is 8.22. The molecular formula is C21H34N2O13P2. The van der Waals surface area contributed by atoms with Crippen molar-refractivity contribution in [1.29, 1.82) is 0 Å². The van der Waals surface area contributed by atoms with Crippen molar-refractivity contribution < 1.29 is 56.7 Å². The largest absolute Gasteiger partial charge is 0.461 e. The van der Waals surface area contributed by atoms with Crippen molar-refractivity contribution in [2.24, 2.45) is 0 Å².